The Bertz CT molecular complexity index is 398. The Morgan fingerprint density at radius 1 is 1.56 bits per heavy atom. The zero-order valence-corrected chi connectivity index (χ0v) is 8.28. The van der Waals surface area contributed by atoms with E-state index < -0.39 is 17.1 Å². The Kier molecular flexibility index (Phi) is 3.72. The summed E-state index contributed by atoms with van der Waals surface area (Å²) in [5.74, 6) is -0.0781. The first-order valence-corrected chi connectivity index (χ1v) is 4.43. The van der Waals surface area contributed by atoms with Gasteiger partial charge in [-0.2, -0.15) is 0 Å². The topological polar surface area (TPSA) is 149 Å². The minimum Gasteiger partial charge on any atom is -0.389 e. The number of hydrogen-bond acceptors (Lipinski definition) is 7. The van der Waals surface area contributed by atoms with Gasteiger partial charge in [0.2, 0.25) is 0 Å². The van der Waals surface area contributed by atoms with Crippen LogP contribution in [0.15, 0.2) is 12.3 Å². The molecule has 0 saturated heterocycles. The van der Waals surface area contributed by atoms with E-state index in [2.05, 4.69) is 4.98 Å². The van der Waals surface area contributed by atoms with Gasteiger partial charge in [-0.15, -0.1) is 0 Å². The van der Waals surface area contributed by atoms with E-state index in [1.54, 1.807) is 0 Å². The SMILES string of the molecule is NCC(O)C(O)c1cc([N+](=O)[O-])cnc1N. The van der Waals surface area contributed by atoms with Crippen LogP contribution in [-0.4, -0.2) is 32.8 Å². The highest BCUT2D eigenvalue weighted by Gasteiger charge is 2.22. The molecule has 88 valence electrons. The number of nitro groups is 1. The molecule has 2 unspecified atom stereocenters. The molecule has 2 atom stereocenters. The van der Waals surface area contributed by atoms with E-state index >= 15 is 0 Å². The highest BCUT2D eigenvalue weighted by atomic mass is 16.6. The number of pyridine rings is 1. The summed E-state index contributed by atoms with van der Waals surface area (Å²) in [4.78, 5) is 13.4. The third-order valence-corrected chi connectivity index (χ3v) is 2.07. The maximum Gasteiger partial charge on any atom is 0.288 e. The maximum atomic E-state index is 10.5. The first-order chi connectivity index (χ1) is 7.47. The Morgan fingerprint density at radius 3 is 2.69 bits per heavy atom. The number of anilines is 1. The number of nitrogen functional groups attached to an aromatic ring is 1. The van der Waals surface area contributed by atoms with Crippen LogP contribution in [-0.2, 0) is 0 Å². The third-order valence-electron chi connectivity index (χ3n) is 2.07. The van der Waals surface area contributed by atoms with Crippen molar-refractivity contribution < 1.29 is 15.1 Å². The molecule has 6 N–H and O–H groups in total. The van der Waals surface area contributed by atoms with E-state index in [1.165, 1.54) is 0 Å². The van der Waals surface area contributed by atoms with Gasteiger partial charge in [0.15, 0.2) is 0 Å². The Labute approximate surface area is 90.7 Å². The van der Waals surface area contributed by atoms with Crippen molar-refractivity contribution in [1.82, 2.24) is 4.98 Å². The van der Waals surface area contributed by atoms with Gasteiger partial charge in [-0.05, 0) is 0 Å². The molecule has 8 nitrogen and oxygen atoms in total. The maximum absolute atomic E-state index is 10.5. The molecule has 0 saturated carbocycles. The Hall–Kier alpha value is -1.77. The number of aliphatic hydroxyl groups excluding tert-OH is 2. The summed E-state index contributed by atoms with van der Waals surface area (Å²) in [6.45, 7) is -0.191. The molecule has 1 heterocycles. The van der Waals surface area contributed by atoms with Gasteiger partial charge >= 0.3 is 0 Å². The quantitative estimate of drug-likeness (QED) is 0.378. The van der Waals surface area contributed by atoms with Crippen LogP contribution in [0.4, 0.5) is 11.5 Å². The van der Waals surface area contributed by atoms with Gasteiger partial charge in [0.25, 0.3) is 5.69 Å². The van der Waals surface area contributed by atoms with Crippen LogP contribution in [0.5, 0.6) is 0 Å². The standard InChI is InChI=1S/C8H12N4O4/c9-2-6(13)7(14)5-1-4(12(15)16)3-11-8(5)10/h1,3,6-7,13-14H,2,9H2,(H2,10,11). The number of aliphatic hydroxyl groups is 2. The molecule has 0 aromatic carbocycles. The van der Waals surface area contributed by atoms with Crippen LogP contribution in [0.25, 0.3) is 0 Å². The molecule has 1 aromatic heterocycles. The lowest BCUT2D eigenvalue weighted by atomic mass is 10.1. The minimum atomic E-state index is -1.39. The van der Waals surface area contributed by atoms with Crippen LogP contribution in [0, 0.1) is 10.1 Å². The first-order valence-electron chi connectivity index (χ1n) is 4.43. The smallest absolute Gasteiger partial charge is 0.288 e. The predicted octanol–water partition coefficient (Wildman–Crippen LogP) is -1.08. The summed E-state index contributed by atoms with van der Waals surface area (Å²) in [6.07, 6.45) is -1.66. The van der Waals surface area contributed by atoms with Crippen molar-refractivity contribution in [2.45, 2.75) is 12.2 Å². The first kappa shape index (κ1) is 12.3. The fourth-order valence-electron chi connectivity index (χ4n) is 1.15. The average Bonchev–Trinajstić information content (AvgIpc) is 2.27. The van der Waals surface area contributed by atoms with Gasteiger partial charge < -0.3 is 21.7 Å². The van der Waals surface area contributed by atoms with E-state index in [0.717, 1.165) is 12.3 Å². The highest BCUT2D eigenvalue weighted by molar-refractivity contribution is 5.47. The summed E-state index contributed by atoms with van der Waals surface area (Å²) in [5.41, 5.74) is 10.3. The van der Waals surface area contributed by atoms with E-state index in [9.17, 15) is 20.3 Å². The highest BCUT2D eigenvalue weighted by Crippen LogP contribution is 2.25. The molecule has 0 fully saturated rings. The van der Waals surface area contributed by atoms with Crippen LogP contribution in [0.3, 0.4) is 0 Å². The van der Waals surface area contributed by atoms with Crippen molar-refractivity contribution in [3.05, 3.63) is 27.9 Å². The van der Waals surface area contributed by atoms with Gasteiger partial charge in [0, 0.05) is 18.2 Å². The molecule has 0 aliphatic heterocycles. The normalized spacial score (nSPS) is 14.4. The molecule has 0 aliphatic rings. The van der Waals surface area contributed by atoms with Crippen LogP contribution >= 0.6 is 0 Å². The van der Waals surface area contributed by atoms with E-state index in [4.69, 9.17) is 11.5 Å². The lowest BCUT2D eigenvalue weighted by molar-refractivity contribution is -0.385. The van der Waals surface area contributed by atoms with Crippen molar-refractivity contribution in [1.29, 1.82) is 0 Å². The van der Waals surface area contributed by atoms with Gasteiger partial charge in [0.1, 0.15) is 18.1 Å². The lowest BCUT2D eigenvalue weighted by Gasteiger charge is -2.17. The monoisotopic (exact) mass is 228 g/mol. The van der Waals surface area contributed by atoms with Gasteiger partial charge in [-0.25, -0.2) is 4.98 Å². The Morgan fingerprint density at radius 2 is 2.19 bits per heavy atom. The molecule has 0 amide bonds. The Balaban J connectivity index is 3.11. The minimum absolute atomic E-state index is 0.00727. The molecule has 0 radical (unpaired) electrons. The summed E-state index contributed by atoms with van der Waals surface area (Å²) in [7, 11) is 0. The van der Waals surface area contributed by atoms with Crippen molar-refractivity contribution in [3.8, 4) is 0 Å². The average molecular weight is 228 g/mol. The lowest BCUT2D eigenvalue weighted by Crippen LogP contribution is -2.28. The van der Waals surface area contributed by atoms with Crippen molar-refractivity contribution >= 4 is 11.5 Å². The molecular formula is C8H12N4O4. The van der Waals surface area contributed by atoms with Crippen LogP contribution in [0.2, 0.25) is 0 Å². The van der Waals surface area contributed by atoms with Crippen molar-refractivity contribution in [2.24, 2.45) is 5.73 Å². The summed E-state index contributed by atoms with van der Waals surface area (Å²) < 4.78 is 0. The summed E-state index contributed by atoms with van der Waals surface area (Å²) in [5, 5.41) is 29.4. The number of aromatic nitrogens is 1. The van der Waals surface area contributed by atoms with Crippen molar-refractivity contribution in [3.63, 3.8) is 0 Å². The van der Waals surface area contributed by atoms with Crippen molar-refractivity contribution in [2.75, 3.05) is 12.3 Å². The molecule has 16 heavy (non-hydrogen) atoms. The van der Waals surface area contributed by atoms with Gasteiger partial charge in [-0.3, -0.25) is 10.1 Å². The number of nitrogens with two attached hydrogens (primary N) is 2. The third kappa shape index (κ3) is 2.42. The molecule has 0 aliphatic carbocycles. The number of hydrogen-bond donors (Lipinski definition) is 4. The largest absolute Gasteiger partial charge is 0.389 e. The van der Waals surface area contributed by atoms with Gasteiger partial charge in [-0.1, -0.05) is 0 Å². The van der Waals surface area contributed by atoms with E-state index in [-0.39, 0.29) is 23.6 Å². The number of nitrogens with zero attached hydrogens (tertiary/aromatic N) is 2. The zero-order valence-electron chi connectivity index (χ0n) is 8.28. The second-order valence-electron chi connectivity index (χ2n) is 3.17. The van der Waals surface area contributed by atoms with E-state index in [1.807, 2.05) is 0 Å². The summed E-state index contributed by atoms with van der Waals surface area (Å²) >= 11 is 0. The number of rotatable bonds is 4. The zero-order chi connectivity index (χ0) is 12.3. The summed E-state index contributed by atoms with van der Waals surface area (Å²) in [6, 6.07) is 1.06. The molecule has 1 rings (SSSR count). The molecule has 0 bridgehead atoms. The molecule has 0 spiro atoms. The fraction of sp³-hybridized carbons (Fsp3) is 0.375. The second-order valence-corrected chi connectivity index (χ2v) is 3.17. The van der Waals surface area contributed by atoms with Gasteiger partial charge in [0.05, 0.1) is 11.0 Å². The second kappa shape index (κ2) is 4.84. The molecule has 8 heteroatoms. The molecular weight excluding hydrogens is 216 g/mol. The van der Waals surface area contributed by atoms with Crippen LogP contribution < -0.4 is 11.5 Å². The fourth-order valence-corrected chi connectivity index (χ4v) is 1.15. The van der Waals surface area contributed by atoms with E-state index in [0.29, 0.717) is 0 Å². The predicted molar refractivity (Wildman–Crippen MR) is 55.3 cm³/mol. The van der Waals surface area contributed by atoms with Crippen LogP contribution in [0.1, 0.15) is 11.7 Å². The molecule has 1 aromatic rings.